The molecule has 0 saturated carbocycles. The molecule has 21 heavy (non-hydrogen) atoms. The van der Waals surface area contributed by atoms with Gasteiger partial charge in [0.05, 0.1) is 0 Å². The van der Waals surface area contributed by atoms with E-state index in [4.69, 9.17) is 0 Å². The number of likely N-dealkylation sites (tertiary alicyclic amines) is 1. The van der Waals surface area contributed by atoms with Crippen LogP contribution in [0.25, 0.3) is 0 Å². The molecule has 1 atom stereocenters. The minimum absolute atomic E-state index is 0.190. The zero-order valence-electron chi connectivity index (χ0n) is 14.8. The number of carbonyl (C=O) groups excluding carboxylic acids is 1. The molecule has 1 unspecified atom stereocenters. The first-order valence-corrected chi connectivity index (χ1v) is 8.83. The van der Waals surface area contributed by atoms with Gasteiger partial charge in [-0.1, -0.05) is 27.7 Å². The third-order valence-electron chi connectivity index (χ3n) is 4.86. The molecule has 2 heterocycles. The summed E-state index contributed by atoms with van der Waals surface area (Å²) in [5.41, 5.74) is 0. The van der Waals surface area contributed by atoms with Crippen LogP contribution >= 0.6 is 0 Å². The van der Waals surface area contributed by atoms with Gasteiger partial charge in [-0.15, -0.1) is 0 Å². The first kappa shape index (κ1) is 18.4. The standard InChI is InChI=1S/C15H29N3O.C2H6/c1-4-13(2)15(19)18-11-9-17(10-12-18)14-5-7-16(3)8-6-14;1-2/h13-14H,4-12H2,1-3H3;1-2H3. The Morgan fingerprint density at radius 2 is 1.57 bits per heavy atom. The highest BCUT2D eigenvalue weighted by molar-refractivity contribution is 5.78. The van der Waals surface area contributed by atoms with Gasteiger partial charge in [0.1, 0.15) is 0 Å². The van der Waals surface area contributed by atoms with Crippen molar-refractivity contribution < 1.29 is 4.79 Å². The van der Waals surface area contributed by atoms with Crippen molar-refractivity contribution in [3.63, 3.8) is 0 Å². The van der Waals surface area contributed by atoms with Crippen LogP contribution in [0.4, 0.5) is 0 Å². The molecular weight excluding hydrogens is 262 g/mol. The van der Waals surface area contributed by atoms with Crippen LogP contribution in [0.1, 0.15) is 47.0 Å². The Morgan fingerprint density at radius 3 is 2.05 bits per heavy atom. The van der Waals surface area contributed by atoms with Gasteiger partial charge in [-0.05, 0) is 39.4 Å². The quantitative estimate of drug-likeness (QED) is 0.800. The van der Waals surface area contributed by atoms with Gasteiger partial charge in [0.25, 0.3) is 0 Å². The Hall–Kier alpha value is -0.610. The molecule has 2 aliphatic rings. The maximum atomic E-state index is 12.2. The Labute approximate surface area is 131 Å². The molecule has 0 bridgehead atoms. The van der Waals surface area contributed by atoms with E-state index in [2.05, 4.69) is 28.7 Å². The zero-order valence-corrected chi connectivity index (χ0v) is 14.8. The largest absolute Gasteiger partial charge is 0.340 e. The fraction of sp³-hybridized carbons (Fsp3) is 0.941. The van der Waals surface area contributed by atoms with E-state index < -0.39 is 0 Å². The van der Waals surface area contributed by atoms with Crippen molar-refractivity contribution in [2.45, 2.75) is 53.0 Å². The third kappa shape index (κ3) is 5.26. The SMILES string of the molecule is CC.CCC(C)C(=O)N1CCN(C2CCN(C)CC2)CC1. The third-order valence-corrected chi connectivity index (χ3v) is 4.86. The van der Waals surface area contributed by atoms with E-state index in [0.29, 0.717) is 5.91 Å². The smallest absolute Gasteiger partial charge is 0.225 e. The van der Waals surface area contributed by atoms with Crippen molar-refractivity contribution in [1.29, 1.82) is 0 Å². The number of hydrogen-bond donors (Lipinski definition) is 0. The molecule has 0 aromatic rings. The molecule has 124 valence electrons. The van der Waals surface area contributed by atoms with Gasteiger partial charge in [0.15, 0.2) is 0 Å². The molecule has 2 saturated heterocycles. The highest BCUT2D eigenvalue weighted by Gasteiger charge is 2.29. The van der Waals surface area contributed by atoms with E-state index in [9.17, 15) is 4.79 Å². The summed E-state index contributed by atoms with van der Waals surface area (Å²) in [6, 6.07) is 0.747. The van der Waals surface area contributed by atoms with Crippen LogP contribution < -0.4 is 0 Å². The fourth-order valence-corrected chi connectivity index (χ4v) is 3.15. The highest BCUT2D eigenvalue weighted by atomic mass is 16.2. The molecule has 0 aromatic carbocycles. The predicted octanol–water partition coefficient (Wildman–Crippen LogP) is 2.30. The van der Waals surface area contributed by atoms with E-state index in [1.54, 1.807) is 0 Å². The molecular formula is C17H35N3O. The molecule has 2 aliphatic heterocycles. The summed E-state index contributed by atoms with van der Waals surface area (Å²) in [7, 11) is 2.21. The summed E-state index contributed by atoms with van der Waals surface area (Å²) >= 11 is 0. The first-order chi connectivity index (χ1) is 10.1. The molecule has 0 radical (unpaired) electrons. The van der Waals surface area contributed by atoms with E-state index in [0.717, 1.165) is 38.6 Å². The minimum atomic E-state index is 0.190. The molecule has 4 nitrogen and oxygen atoms in total. The zero-order chi connectivity index (χ0) is 15.8. The normalized spacial score (nSPS) is 23.4. The topological polar surface area (TPSA) is 26.8 Å². The summed E-state index contributed by atoms with van der Waals surface area (Å²) < 4.78 is 0. The molecule has 2 fully saturated rings. The Bertz CT molecular complexity index is 292. The van der Waals surface area contributed by atoms with Crippen LogP contribution in [-0.2, 0) is 4.79 Å². The Morgan fingerprint density at radius 1 is 1.05 bits per heavy atom. The van der Waals surface area contributed by atoms with E-state index in [-0.39, 0.29) is 5.92 Å². The van der Waals surface area contributed by atoms with E-state index in [1.807, 2.05) is 20.8 Å². The van der Waals surface area contributed by atoms with Crippen molar-refractivity contribution in [2.75, 3.05) is 46.3 Å². The monoisotopic (exact) mass is 297 g/mol. The predicted molar refractivity (Wildman–Crippen MR) is 89.5 cm³/mol. The number of carbonyl (C=O) groups is 1. The van der Waals surface area contributed by atoms with Crippen molar-refractivity contribution in [3.05, 3.63) is 0 Å². The number of nitrogens with zero attached hydrogens (tertiary/aromatic N) is 3. The minimum Gasteiger partial charge on any atom is -0.340 e. The van der Waals surface area contributed by atoms with Crippen molar-refractivity contribution in [1.82, 2.24) is 14.7 Å². The fourth-order valence-electron chi connectivity index (χ4n) is 3.15. The van der Waals surface area contributed by atoms with Crippen LogP contribution in [0.3, 0.4) is 0 Å². The van der Waals surface area contributed by atoms with E-state index >= 15 is 0 Å². The molecule has 2 rings (SSSR count). The van der Waals surface area contributed by atoms with Crippen molar-refractivity contribution in [2.24, 2.45) is 5.92 Å². The number of hydrogen-bond acceptors (Lipinski definition) is 3. The van der Waals surface area contributed by atoms with Crippen LogP contribution in [0.15, 0.2) is 0 Å². The Kier molecular flexibility index (Phi) is 8.27. The van der Waals surface area contributed by atoms with Gasteiger partial charge in [-0.2, -0.15) is 0 Å². The van der Waals surface area contributed by atoms with E-state index in [1.165, 1.54) is 25.9 Å². The van der Waals surface area contributed by atoms with Crippen LogP contribution in [0.2, 0.25) is 0 Å². The average Bonchev–Trinajstić information content (AvgIpc) is 2.56. The summed E-state index contributed by atoms with van der Waals surface area (Å²) in [5, 5.41) is 0. The summed E-state index contributed by atoms with van der Waals surface area (Å²) in [4.78, 5) is 19.2. The lowest BCUT2D eigenvalue weighted by Crippen LogP contribution is -2.54. The van der Waals surface area contributed by atoms with Gasteiger partial charge in [-0.25, -0.2) is 0 Å². The molecule has 0 aliphatic carbocycles. The van der Waals surface area contributed by atoms with Gasteiger partial charge in [0, 0.05) is 38.1 Å². The summed E-state index contributed by atoms with van der Waals surface area (Å²) in [5.74, 6) is 0.542. The molecule has 0 aromatic heterocycles. The average molecular weight is 297 g/mol. The summed E-state index contributed by atoms with van der Waals surface area (Å²) in [6.07, 6.45) is 3.53. The number of piperidine rings is 1. The second-order valence-corrected chi connectivity index (χ2v) is 6.21. The molecule has 4 heteroatoms. The molecule has 0 N–H and O–H groups in total. The maximum Gasteiger partial charge on any atom is 0.225 e. The lowest BCUT2D eigenvalue weighted by atomic mass is 10.0. The lowest BCUT2D eigenvalue weighted by molar-refractivity contribution is -0.137. The van der Waals surface area contributed by atoms with Gasteiger partial charge < -0.3 is 9.80 Å². The second kappa shape index (κ2) is 9.42. The first-order valence-electron chi connectivity index (χ1n) is 8.83. The maximum absolute atomic E-state index is 12.2. The highest BCUT2D eigenvalue weighted by Crippen LogP contribution is 2.18. The van der Waals surface area contributed by atoms with Gasteiger partial charge >= 0.3 is 0 Å². The van der Waals surface area contributed by atoms with Gasteiger partial charge in [0.2, 0.25) is 5.91 Å². The van der Waals surface area contributed by atoms with Crippen LogP contribution in [0.5, 0.6) is 0 Å². The number of rotatable bonds is 3. The molecule has 0 spiro atoms. The van der Waals surface area contributed by atoms with Gasteiger partial charge in [-0.3, -0.25) is 9.69 Å². The van der Waals surface area contributed by atoms with Crippen LogP contribution in [0, 0.1) is 5.92 Å². The van der Waals surface area contributed by atoms with Crippen molar-refractivity contribution in [3.8, 4) is 0 Å². The Balaban J connectivity index is 0.00000106. The molecule has 1 amide bonds. The number of piperazine rings is 1. The summed E-state index contributed by atoms with van der Waals surface area (Å²) in [6.45, 7) is 14.6. The van der Waals surface area contributed by atoms with Crippen molar-refractivity contribution >= 4 is 5.91 Å². The lowest BCUT2D eigenvalue weighted by Gasteiger charge is -2.42. The number of amides is 1. The van der Waals surface area contributed by atoms with Crippen LogP contribution in [-0.4, -0.2) is 73.0 Å². The second-order valence-electron chi connectivity index (χ2n) is 6.21.